The molecule has 0 radical (unpaired) electrons. The van der Waals surface area contributed by atoms with Crippen molar-refractivity contribution in [2.45, 2.75) is 122 Å². The minimum Gasteiger partial charge on any atom is -0.444 e. The molecule has 6 nitrogen and oxygen atoms in total. The molecule has 3 N–H and O–H groups in total. The van der Waals surface area contributed by atoms with E-state index in [1.165, 1.54) is 63.9 Å². The number of allylic oxidation sites excluding steroid dienone is 1. The maximum atomic E-state index is 13.3. The highest BCUT2D eigenvalue weighted by atomic mass is 16.6. The lowest BCUT2D eigenvalue weighted by molar-refractivity contribution is 0.0120. The summed E-state index contributed by atoms with van der Waals surface area (Å²) in [5.74, 6) is -0.589. The van der Waals surface area contributed by atoms with Gasteiger partial charge in [-0.05, 0) is 39.7 Å². The zero-order valence-electron chi connectivity index (χ0n) is 22.9. The molecule has 0 spiro atoms. The SMILES string of the molecule is CCCCCCCCCCCCCC=C[C@](O)(C(=O)c1ccccc1)[C@H](CO)NC(=O)OC(C)(C)C. The van der Waals surface area contributed by atoms with Crippen LogP contribution in [0.1, 0.15) is 115 Å². The van der Waals surface area contributed by atoms with E-state index in [-0.39, 0.29) is 0 Å². The second-order valence-corrected chi connectivity index (χ2v) is 10.6. The molecule has 1 aromatic carbocycles. The van der Waals surface area contributed by atoms with Gasteiger partial charge in [0.2, 0.25) is 5.78 Å². The van der Waals surface area contributed by atoms with Crippen molar-refractivity contribution < 1.29 is 24.5 Å². The summed E-state index contributed by atoms with van der Waals surface area (Å²) in [7, 11) is 0. The number of ether oxygens (including phenoxy) is 1. The average Bonchev–Trinajstić information content (AvgIpc) is 2.84. The van der Waals surface area contributed by atoms with Crippen LogP contribution in [-0.2, 0) is 4.74 Å². The van der Waals surface area contributed by atoms with E-state index in [4.69, 9.17) is 4.74 Å². The largest absolute Gasteiger partial charge is 0.444 e. The molecule has 6 heteroatoms. The van der Waals surface area contributed by atoms with Crippen LogP contribution in [0.3, 0.4) is 0 Å². The molecule has 0 aliphatic rings. The summed E-state index contributed by atoms with van der Waals surface area (Å²) in [5.41, 5.74) is -2.56. The van der Waals surface area contributed by atoms with Crippen LogP contribution in [0.5, 0.6) is 0 Å². The van der Waals surface area contributed by atoms with E-state index in [2.05, 4.69) is 12.2 Å². The van der Waals surface area contributed by atoms with E-state index < -0.39 is 35.7 Å². The summed E-state index contributed by atoms with van der Waals surface area (Å²) < 4.78 is 5.27. The number of aliphatic hydroxyl groups excluding tert-OH is 1. The fourth-order valence-electron chi connectivity index (χ4n) is 4.10. The van der Waals surface area contributed by atoms with Crippen molar-refractivity contribution in [2.75, 3.05) is 6.61 Å². The summed E-state index contributed by atoms with van der Waals surface area (Å²) in [6, 6.07) is 7.14. The molecular weight excluding hydrogens is 454 g/mol. The standard InChI is InChI=1S/C30H49NO5/c1-5-6-7-8-9-10-11-12-13-14-15-16-20-23-30(35,27(33)25-21-18-17-19-22-25)26(24-32)31-28(34)36-29(2,3)4/h17-23,26,32,35H,5-16,24H2,1-4H3,(H,31,34)/t26-,30+/m0/s1. The summed E-state index contributed by atoms with van der Waals surface area (Å²) >= 11 is 0. The first-order valence-corrected chi connectivity index (χ1v) is 13.7. The third kappa shape index (κ3) is 12.7. The van der Waals surface area contributed by atoms with Crippen molar-refractivity contribution in [3.05, 3.63) is 48.0 Å². The molecule has 0 fully saturated rings. The van der Waals surface area contributed by atoms with E-state index in [1.807, 2.05) is 0 Å². The second-order valence-electron chi connectivity index (χ2n) is 10.6. The van der Waals surface area contributed by atoms with Crippen LogP contribution in [0.2, 0.25) is 0 Å². The van der Waals surface area contributed by atoms with Gasteiger partial charge in [-0.3, -0.25) is 4.79 Å². The van der Waals surface area contributed by atoms with Gasteiger partial charge in [-0.15, -0.1) is 0 Å². The highest BCUT2D eigenvalue weighted by Gasteiger charge is 2.43. The van der Waals surface area contributed by atoms with E-state index in [9.17, 15) is 19.8 Å². The predicted molar refractivity (Wildman–Crippen MR) is 146 cm³/mol. The first-order chi connectivity index (χ1) is 17.1. The van der Waals surface area contributed by atoms with Crippen molar-refractivity contribution in [1.29, 1.82) is 0 Å². The number of alkyl carbamates (subject to hydrolysis) is 1. The Labute approximate surface area is 218 Å². The number of ketones is 1. The van der Waals surface area contributed by atoms with E-state index in [1.54, 1.807) is 57.2 Å². The Bertz CT molecular complexity index is 771. The second kappa shape index (κ2) is 17.3. The molecule has 1 amide bonds. The maximum absolute atomic E-state index is 13.3. The van der Waals surface area contributed by atoms with Gasteiger partial charge in [0.15, 0.2) is 5.60 Å². The van der Waals surface area contributed by atoms with Crippen molar-refractivity contribution in [1.82, 2.24) is 5.32 Å². The van der Waals surface area contributed by atoms with Gasteiger partial charge in [0.05, 0.1) is 12.6 Å². The highest BCUT2D eigenvalue weighted by Crippen LogP contribution is 2.22. The lowest BCUT2D eigenvalue weighted by atomic mass is 9.85. The van der Waals surface area contributed by atoms with Crippen LogP contribution in [0.15, 0.2) is 42.5 Å². The minimum absolute atomic E-state index is 0.295. The number of aliphatic hydroxyl groups is 2. The number of carbonyl (C=O) groups is 2. The summed E-state index contributed by atoms with van der Waals surface area (Å²) in [6.45, 7) is 6.76. The number of benzene rings is 1. The third-order valence-electron chi connectivity index (χ3n) is 6.15. The molecule has 204 valence electrons. The molecule has 0 aromatic heterocycles. The highest BCUT2D eigenvalue weighted by molar-refractivity contribution is 6.04. The molecule has 36 heavy (non-hydrogen) atoms. The molecule has 0 saturated carbocycles. The number of rotatable bonds is 18. The first kappa shape index (κ1) is 31.8. The summed E-state index contributed by atoms with van der Waals surface area (Å²) in [4.78, 5) is 25.6. The molecule has 0 aliphatic carbocycles. The first-order valence-electron chi connectivity index (χ1n) is 13.7. The van der Waals surface area contributed by atoms with E-state index in [0.717, 1.165) is 12.8 Å². The summed E-state index contributed by atoms with van der Waals surface area (Å²) in [5, 5.41) is 23.9. The van der Waals surface area contributed by atoms with Crippen LogP contribution in [0.25, 0.3) is 0 Å². The van der Waals surface area contributed by atoms with Gasteiger partial charge < -0.3 is 20.3 Å². The van der Waals surface area contributed by atoms with Gasteiger partial charge in [-0.25, -0.2) is 4.79 Å². The number of nitrogens with one attached hydrogen (secondary N) is 1. The monoisotopic (exact) mass is 503 g/mol. The minimum atomic E-state index is -2.11. The van der Waals surface area contributed by atoms with E-state index in [0.29, 0.717) is 12.0 Å². The number of hydrogen-bond acceptors (Lipinski definition) is 5. The van der Waals surface area contributed by atoms with Gasteiger partial charge >= 0.3 is 6.09 Å². The molecule has 0 saturated heterocycles. The number of Topliss-reactive ketones (excluding diaryl/α,β-unsaturated/α-hetero) is 1. The Kier molecular flexibility index (Phi) is 15.3. The number of amides is 1. The van der Waals surface area contributed by atoms with Gasteiger partial charge in [0.1, 0.15) is 5.60 Å². The molecule has 0 aliphatic heterocycles. The Hall–Kier alpha value is -2.18. The Morgan fingerprint density at radius 2 is 1.44 bits per heavy atom. The molecule has 1 aromatic rings. The van der Waals surface area contributed by atoms with Crippen LogP contribution in [0.4, 0.5) is 4.79 Å². The fraction of sp³-hybridized carbons (Fsp3) is 0.667. The van der Waals surface area contributed by atoms with Gasteiger partial charge in [-0.2, -0.15) is 0 Å². The fourth-order valence-corrected chi connectivity index (χ4v) is 4.10. The van der Waals surface area contributed by atoms with E-state index >= 15 is 0 Å². The molecule has 1 rings (SSSR count). The average molecular weight is 504 g/mol. The zero-order valence-corrected chi connectivity index (χ0v) is 22.9. The van der Waals surface area contributed by atoms with Crippen LogP contribution < -0.4 is 5.32 Å². The Balaban J connectivity index is 2.66. The number of hydrogen-bond donors (Lipinski definition) is 3. The van der Waals surface area contributed by atoms with Crippen LogP contribution >= 0.6 is 0 Å². The topological polar surface area (TPSA) is 95.9 Å². The maximum Gasteiger partial charge on any atom is 0.408 e. The summed E-state index contributed by atoms with van der Waals surface area (Å²) in [6.07, 6.45) is 16.8. The molecule has 0 heterocycles. The quantitative estimate of drug-likeness (QED) is 0.117. The van der Waals surface area contributed by atoms with Crippen molar-refractivity contribution >= 4 is 11.9 Å². The molecule has 0 unspecified atom stereocenters. The van der Waals surface area contributed by atoms with Gasteiger partial charge in [-0.1, -0.05) is 108 Å². The van der Waals surface area contributed by atoms with Crippen LogP contribution in [-0.4, -0.2) is 45.9 Å². The van der Waals surface area contributed by atoms with Gasteiger partial charge in [0, 0.05) is 5.56 Å². The molecule has 0 bridgehead atoms. The normalized spacial score (nSPS) is 14.4. The zero-order chi connectivity index (χ0) is 26.9. The molecule has 2 atom stereocenters. The van der Waals surface area contributed by atoms with Gasteiger partial charge in [0.25, 0.3) is 0 Å². The van der Waals surface area contributed by atoms with Crippen molar-refractivity contribution in [2.24, 2.45) is 0 Å². The Morgan fingerprint density at radius 3 is 1.94 bits per heavy atom. The predicted octanol–water partition coefficient (Wildman–Crippen LogP) is 6.74. The lowest BCUT2D eigenvalue weighted by Gasteiger charge is -2.32. The van der Waals surface area contributed by atoms with Crippen molar-refractivity contribution in [3.8, 4) is 0 Å². The van der Waals surface area contributed by atoms with Crippen LogP contribution in [0, 0.1) is 0 Å². The smallest absolute Gasteiger partial charge is 0.408 e. The lowest BCUT2D eigenvalue weighted by Crippen LogP contribution is -2.58. The number of carbonyl (C=O) groups excluding carboxylic acids is 2. The third-order valence-corrected chi connectivity index (χ3v) is 6.15. The molecular formula is C30H49NO5. The Morgan fingerprint density at radius 1 is 0.917 bits per heavy atom. The van der Waals surface area contributed by atoms with Crippen molar-refractivity contribution in [3.63, 3.8) is 0 Å². The number of unbranched alkanes of at least 4 members (excludes halogenated alkanes) is 11.